The van der Waals surface area contributed by atoms with E-state index in [4.69, 9.17) is 14.2 Å². The highest BCUT2D eigenvalue weighted by atomic mass is 32.1. The number of benzene rings is 3. The number of carboxylic acid groups (broad SMARTS) is 1. The molecule has 0 amide bonds. The molecular weight excluding hydrogens is 514 g/mol. The van der Waals surface area contributed by atoms with Crippen LogP contribution in [0.1, 0.15) is 34.1 Å². The maximum atomic E-state index is 13.4. The zero-order valence-corrected chi connectivity index (χ0v) is 22.8. The van der Waals surface area contributed by atoms with Gasteiger partial charge in [0.1, 0.15) is 17.2 Å². The molecule has 0 aliphatic heterocycles. The normalized spacial score (nSPS) is 11.3. The summed E-state index contributed by atoms with van der Waals surface area (Å²) >= 11 is 1.23. The second kappa shape index (κ2) is 11.3. The molecule has 8 heteroatoms. The number of hydrogen-bond donors (Lipinski definition) is 1. The van der Waals surface area contributed by atoms with Gasteiger partial charge in [-0.3, -0.25) is 9.20 Å². The number of hydrogen-bond acceptors (Lipinski definition) is 6. The number of fused-ring (bicyclic) bond motifs is 2. The number of pyridine rings is 1. The van der Waals surface area contributed by atoms with E-state index < -0.39 is 11.5 Å². The molecule has 200 valence electrons. The molecule has 3 aromatic carbocycles. The Bertz CT molecular complexity index is 1730. The van der Waals surface area contributed by atoms with E-state index in [1.165, 1.54) is 21.8 Å². The second-order valence-electron chi connectivity index (χ2n) is 9.11. The predicted octanol–water partition coefficient (Wildman–Crippen LogP) is 6.20. The molecule has 2 heterocycles. The second-order valence-corrected chi connectivity index (χ2v) is 10.1. The predicted molar refractivity (Wildman–Crippen MR) is 154 cm³/mol. The van der Waals surface area contributed by atoms with Gasteiger partial charge in [-0.15, -0.1) is 11.3 Å². The maximum absolute atomic E-state index is 13.4. The van der Waals surface area contributed by atoms with Crippen molar-refractivity contribution in [2.24, 2.45) is 0 Å². The Morgan fingerprint density at radius 2 is 1.79 bits per heavy atom. The molecule has 0 saturated carbocycles. The third-order valence-electron chi connectivity index (χ3n) is 6.64. The summed E-state index contributed by atoms with van der Waals surface area (Å²) in [5.74, 6) is 0.00865. The Labute approximate surface area is 229 Å². The third-order valence-corrected chi connectivity index (χ3v) is 7.83. The number of aromatic nitrogens is 1. The van der Waals surface area contributed by atoms with Gasteiger partial charge in [0.2, 0.25) is 0 Å². The molecule has 0 radical (unpaired) electrons. The lowest BCUT2D eigenvalue weighted by Gasteiger charge is -2.12. The molecule has 0 saturated heterocycles. The highest BCUT2D eigenvalue weighted by molar-refractivity contribution is 7.21. The molecule has 0 spiro atoms. The van der Waals surface area contributed by atoms with Gasteiger partial charge in [0, 0.05) is 24.7 Å². The van der Waals surface area contributed by atoms with Crippen molar-refractivity contribution < 1.29 is 24.1 Å². The van der Waals surface area contributed by atoms with E-state index in [9.17, 15) is 14.7 Å². The van der Waals surface area contributed by atoms with Crippen molar-refractivity contribution in [2.75, 3.05) is 26.9 Å². The van der Waals surface area contributed by atoms with Gasteiger partial charge in [-0.05, 0) is 59.5 Å². The first kappa shape index (κ1) is 26.5. The molecule has 7 nitrogen and oxygen atoms in total. The average Bonchev–Trinajstić information content (AvgIpc) is 3.34. The van der Waals surface area contributed by atoms with E-state index in [0.29, 0.717) is 58.6 Å². The van der Waals surface area contributed by atoms with Crippen molar-refractivity contribution in [2.45, 2.75) is 20.3 Å². The molecule has 0 aliphatic carbocycles. The number of methoxy groups -OCH3 is 1. The first-order valence-corrected chi connectivity index (χ1v) is 13.5. The molecule has 0 unspecified atom stereocenters. The van der Waals surface area contributed by atoms with Crippen LogP contribution in [0.25, 0.3) is 26.0 Å². The molecule has 1 N–H and O–H groups in total. The van der Waals surface area contributed by atoms with E-state index in [2.05, 4.69) is 18.2 Å². The zero-order valence-electron chi connectivity index (χ0n) is 22.0. The summed E-state index contributed by atoms with van der Waals surface area (Å²) in [6.07, 6.45) is 0.471. The number of rotatable bonds is 10. The fourth-order valence-electron chi connectivity index (χ4n) is 4.87. The summed E-state index contributed by atoms with van der Waals surface area (Å²) in [5.41, 5.74) is 2.81. The summed E-state index contributed by atoms with van der Waals surface area (Å²) in [5, 5.41) is 12.4. The molecule has 2 aromatic heterocycles. The SMILES string of the molecule is CCOCCOc1ccc(-c2sc3c(OC)c(Cc4cccc5ccccc45)cc(=O)n3c2C(=O)O)cc1C. The van der Waals surface area contributed by atoms with Gasteiger partial charge in [-0.2, -0.15) is 0 Å². The highest BCUT2D eigenvalue weighted by Crippen LogP contribution is 2.40. The smallest absolute Gasteiger partial charge is 0.354 e. The highest BCUT2D eigenvalue weighted by Gasteiger charge is 2.25. The van der Waals surface area contributed by atoms with E-state index in [0.717, 1.165) is 21.9 Å². The van der Waals surface area contributed by atoms with Crippen molar-refractivity contribution in [3.63, 3.8) is 0 Å². The van der Waals surface area contributed by atoms with Crippen molar-refractivity contribution in [3.8, 4) is 21.9 Å². The van der Waals surface area contributed by atoms with Crippen LogP contribution in [0.4, 0.5) is 0 Å². The molecule has 0 bridgehead atoms. The quantitative estimate of drug-likeness (QED) is 0.211. The fourth-order valence-corrected chi connectivity index (χ4v) is 6.16. The van der Waals surface area contributed by atoms with Gasteiger partial charge < -0.3 is 19.3 Å². The standard InChI is InChI=1S/C31H29NO6S/c1-4-37-14-15-38-25-13-12-22(16-19(25)2)29-27(31(34)35)32-26(33)18-23(28(36-3)30(32)39-29)17-21-10-7-9-20-8-5-6-11-24(20)21/h5-13,16,18H,4,14-15,17H2,1-3H3,(H,34,35). The summed E-state index contributed by atoms with van der Waals surface area (Å²) in [6.45, 7) is 5.36. The monoisotopic (exact) mass is 543 g/mol. The topological polar surface area (TPSA) is 86.5 Å². The van der Waals surface area contributed by atoms with Crippen molar-refractivity contribution >= 4 is 32.9 Å². The van der Waals surface area contributed by atoms with Crippen LogP contribution in [-0.2, 0) is 11.2 Å². The molecule has 0 aliphatic rings. The fraction of sp³-hybridized carbons (Fsp3) is 0.226. The van der Waals surface area contributed by atoms with Crippen LogP contribution in [0.3, 0.4) is 0 Å². The van der Waals surface area contributed by atoms with Crippen LogP contribution in [0.15, 0.2) is 71.5 Å². The average molecular weight is 544 g/mol. The van der Waals surface area contributed by atoms with Gasteiger partial charge in [0.25, 0.3) is 5.56 Å². The first-order valence-electron chi connectivity index (χ1n) is 12.7. The van der Waals surface area contributed by atoms with Crippen LogP contribution < -0.4 is 15.0 Å². The first-order chi connectivity index (χ1) is 18.9. The van der Waals surface area contributed by atoms with Crippen LogP contribution in [0, 0.1) is 6.92 Å². The Morgan fingerprint density at radius 3 is 2.54 bits per heavy atom. The van der Waals surface area contributed by atoms with Gasteiger partial charge in [0.05, 0.1) is 18.6 Å². The van der Waals surface area contributed by atoms with E-state index in [-0.39, 0.29) is 5.69 Å². The number of carbonyl (C=O) groups is 1. The van der Waals surface area contributed by atoms with Crippen LogP contribution in [-0.4, -0.2) is 42.4 Å². The molecule has 5 rings (SSSR count). The molecule has 0 atom stereocenters. The van der Waals surface area contributed by atoms with E-state index in [1.807, 2.05) is 56.3 Å². The minimum Gasteiger partial charge on any atom is -0.493 e. The maximum Gasteiger partial charge on any atom is 0.354 e. The lowest BCUT2D eigenvalue weighted by molar-refractivity contribution is 0.0690. The lowest BCUT2D eigenvalue weighted by atomic mass is 9.98. The number of nitrogens with zero attached hydrogens (tertiary/aromatic N) is 1. The molecule has 0 fully saturated rings. The van der Waals surface area contributed by atoms with Gasteiger partial charge in [-0.1, -0.05) is 42.5 Å². The Morgan fingerprint density at radius 1 is 1.00 bits per heavy atom. The van der Waals surface area contributed by atoms with Crippen molar-refractivity contribution in [1.82, 2.24) is 4.40 Å². The van der Waals surface area contributed by atoms with Gasteiger partial charge in [0.15, 0.2) is 11.4 Å². The number of ether oxygens (including phenoxy) is 3. The van der Waals surface area contributed by atoms with Crippen molar-refractivity contribution in [3.05, 3.63) is 99.5 Å². The van der Waals surface area contributed by atoms with Crippen LogP contribution in [0.2, 0.25) is 0 Å². The third kappa shape index (κ3) is 5.13. The Hall–Kier alpha value is -4.14. The van der Waals surface area contributed by atoms with Crippen molar-refractivity contribution in [1.29, 1.82) is 0 Å². The zero-order chi connectivity index (χ0) is 27.5. The van der Waals surface area contributed by atoms with E-state index in [1.54, 1.807) is 7.11 Å². The van der Waals surface area contributed by atoms with Gasteiger partial charge in [-0.25, -0.2) is 4.79 Å². The minimum absolute atomic E-state index is 0.0839. The minimum atomic E-state index is -1.18. The Kier molecular flexibility index (Phi) is 7.67. The Balaban J connectivity index is 1.61. The van der Waals surface area contributed by atoms with Crippen LogP contribution >= 0.6 is 11.3 Å². The lowest BCUT2D eigenvalue weighted by Crippen LogP contribution is -2.19. The number of thiazole rings is 1. The molecule has 5 aromatic rings. The molecule has 39 heavy (non-hydrogen) atoms. The summed E-state index contributed by atoms with van der Waals surface area (Å²) in [4.78, 5) is 26.8. The molecular formula is C31H29NO6S. The number of carboxylic acids is 1. The summed E-state index contributed by atoms with van der Waals surface area (Å²) < 4.78 is 18.2. The summed E-state index contributed by atoms with van der Waals surface area (Å²) in [6, 6.07) is 21.2. The number of aryl methyl sites for hydroxylation is 1. The van der Waals surface area contributed by atoms with E-state index >= 15 is 0 Å². The number of aromatic carboxylic acids is 1. The van der Waals surface area contributed by atoms with Crippen LogP contribution in [0.5, 0.6) is 11.5 Å². The largest absolute Gasteiger partial charge is 0.493 e. The summed E-state index contributed by atoms with van der Waals surface area (Å²) in [7, 11) is 1.55. The van der Waals surface area contributed by atoms with Gasteiger partial charge >= 0.3 is 5.97 Å².